The Morgan fingerprint density at radius 3 is 2.58 bits per heavy atom. The van der Waals surface area contributed by atoms with Gasteiger partial charge >= 0.3 is 6.18 Å². The van der Waals surface area contributed by atoms with Gasteiger partial charge in [0.1, 0.15) is 5.69 Å². The predicted octanol–water partition coefficient (Wildman–Crippen LogP) is 2.79. The third kappa shape index (κ3) is 3.30. The maximum atomic E-state index is 13.2. The maximum absolute atomic E-state index is 13.2. The van der Waals surface area contributed by atoms with Crippen LogP contribution in [0.3, 0.4) is 0 Å². The number of rotatable bonds is 3. The molecule has 3 aromatic rings. The van der Waals surface area contributed by atoms with Crippen molar-refractivity contribution in [3.8, 4) is 0 Å². The highest BCUT2D eigenvalue weighted by molar-refractivity contribution is 9.10. The normalized spacial score (nSPS) is 12.0. The highest BCUT2D eigenvalue weighted by atomic mass is 79.9. The number of hydrogen-bond acceptors (Lipinski definition) is 4. The molecule has 0 radical (unpaired) electrons. The van der Waals surface area contributed by atoms with E-state index in [1.165, 1.54) is 6.92 Å². The molecule has 3 aromatic heterocycles. The second-order valence-electron chi connectivity index (χ2n) is 5.77. The summed E-state index contributed by atoms with van der Waals surface area (Å²) >= 11 is 3.14. The van der Waals surface area contributed by atoms with E-state index in [0.717, 1.165) is 17.3 Å². The summed E-state index contributed by atoms with van der Waals surface area (Å²) < 4.78 is 42.1. The van der Waals surface area contributed by atoms with Gasteiger partial charge in [-0.2, -0.15) is 23.4 Å². The summed E-state index contributed by atoms with van der Waals surface area (Å²) in [6.07, 6.45) is -2.88. The lowest BCUT2D eigenvalue weighted by Gasteiger charge is -2.09. The number of alkyl halides is 3. The molecular weight excluding hydrogens is 417 g/mol. The Labute approximate surface area is 154 Å². The lowest BCUT2D eigenvalue weighted by Crippen LogP contribution is -2.24. The van der Waals surface area contributed by atoms with Crippen molar-refractivity contribution >= 4 is 27.5 Å². The van der Waals surface area contributed by atoms with Crippen LogP contribution in [0.25, 0.3) is 5.65 Å². The highest BCUT2D eigenvalue weighted by Crippen LogP contribution is 2.32. The van der Waals surface area contributed by atoms with Crippen LogP contribution in [-0.2, 0) is 19.8 Å². The van der Waals surface area contributed by atoms with Crippen LogP contribution in [0.4, 0.5) is 13.2 Å². The molecule has 0 fully saturated rings. The molecule has 0 atom stereocenters. The van der Waals surface area contributed by atoms with E-state index < -0.39 is 17.8 Å². The van der Waals surface area contributed by atoms with Crippen molar-refractivity contribution in [3.63, 3.8) is 0 Å². The van der Waals surface area contributed by atoms with Gasteiger partial charge in [-0.25, -0.2) is 9.50 Å². The summed E-state index contributed by atoms with van der Waals surface area (Å²) in [4.78, 5) is 16.5. The minimum absolute atomic E-state index is 0.0694. The predicted molar refractivity (Wildman–Crippen MR) is 89.5 cm³/mol. The lowest BCUT2D eigenvalue weighted by molar-refractivity contribution is -0.142. The molecule has 0 aliphatic rings. The van der Waals surface area contributed by atoms with E-state index in [0.29, 0.717) is 4.52 Å². The van der Waals surface area contributed by atoms with Crippen molar-refractivity contribution < 1.29 is 18.0 Å². The Morgan fingerprint density at radius 2 is 2.00 bits per heavy atom. The Bertz CT molecular complexity index is 1010. The first-order chi connectivity index (χ1) is 12.1. The fourth-order valence-corrected chi connectivity index (χ4v) is 3.06. The van der Waals surface area contributed by atoms with Crippen LogP contribution in [0, 0.1) is 13.8 Å². The standard InChI is InChI=1S/C15H14BrF3N6O/c1-7-4-10(15(17,18)19)25-13(21-7)11(16)12(23-25)14(26)20-5-9-6-24(3)22-8(9)2/h4,6H,5H2,1-3H3,(H,20,26). The van der Waals surface area contributed by atoms with Gasteiger partial charge in [0.25, 0.3) is 5.91 Å². The molecule has 0 aliphatic heterocycles. The van der Waals surface area contributed by atoms with E-state index in [1.54, 1.807) is 24.9 Å². The molecule has 138 valence electrons. The van der Waals surface area contributed by atoms with Crippen molar-refractivity contribution in [2.45, 2.75) is 26.6 Å². The van der Waals surface area contributed by atoms with Gasteiger partial charge in [0.2, 0.25) is 0 Å². The summed E-state index contributed by atoms with van der Waals surface area (Å²) in [5, 5.41) is 10.6. The van der Waals surface area contributed by atoms with Crippen LogP contribution in [-0.4, -0.2) is 30.3 Å². The third-order valence-electron chi connectivity index (χ3n) is 3.72. The van der Waals surface area contributed by atoms with Gasteiger partial charge in [-0.15, -0.1) is 0 Å². The van der Waals surface area contributed by atoms with Crippen LogP contribution in [0.15, 0.2) is 16.7 Å². The lowest BCUT2D eigenvalue weighted by atomic mass is 10.2. The van der Waals surface area contributed by atoms with Crippen molar-refractivity contribution in [3.05, 3.63) is 45.1 Å². The molecule has 0 aromatic carbocycles. The average molecular weight is 431 g/mol. The number of hydrogen-bond donors (Lipinski definition) is 1. The first-order valence-corrected chi connectivity index (χ1v) is 8.27. The molecule has 7 nitrogen and oxygen atoms in total. The molecule has 0 aliphatic carbocycles. The van der Waals surface area contributed by atoms with Crippen LogP contribution in [0.5, 0.6) is 0 Å². The van der Waals surface area contributed by atoms with Gasteiger partial charge in [-0.05, 0) is 35.8 Å². The number of carbonyl (C=O) groups excluding carboxylic acids is 1. The van der Waals surface area contributed by atoms with Crippen LogP contribution in [0.1, 0.15) is 33.1 Å². The topological polar surface area (TPSA) is 77.1 Å². The van der Waals surface area contributed by atoms with Crippen molar-refractivity contribution in [1.29, 1.82) is 0 Å². The first kappa shape index (κ1) is 18.4. The summed E-state index contributed by atoms with van der Waals surface area (Å²) in [6, 6.07) is 0.882. The Hall–Kier alpha value is -2.43. The fraction of sp³-hybridized carbons (Fsp3) is 0.333. The molecule has 26 heavy (non-hydrogen) atoms. The SMILES string of the molecule is Cc1cc(C(F)(F)F)n2nc(C(=O)NCc3cn(C)nc3C)c(Br)c2n1. The third-order valence-corrected chi connectivity index (χ3v) is 4.45. The maximum Gasteiger partial charge on any atom is 0.433 e. The van der Waals surface area contributed by atoms with Crippen LogP contribution >= 0.6 is 15.9 Å². The van der Waals surface area contributed by atoms with Gasteiger partial charge in [-0.3, -0.25) is 9.48 Å². The highest BCUT2D eigenvalue weighted by Gasteiger charge is 2.36. The number of halogens is 4. The fourth-order valence-electron chi connectivity index (χ4n) is 2.54. The largest absolute Gasteiger partial charge is 0.433 e. The monoisotopic (exact) mass is 430 g/mol. The number of nitrogens with zero attached hydrogens (tertiary/aromatic N) is 5. The van der Waals surface area contributed by atoms with E-state index in [2.05, 4.69) is 36.4 Å². The second-order valence-corrected chi connectivity index (χ2v) is 6.57. The summed E-state index contributed by atoms with van der Waals surface area (Å²) in [6.45, 7) is 3.42. The van der Waals surface area contributed by atoms with Gasteiger partial charge in [0.15, 0.2) is 11.3 Å². The average Bonchev–Trinajstić information content (AvgIpc) is 3.03. The molecule has 3 heterocycles. The van der Waals surface area contributed by atoms with Crippen LogP contribution in [0.2, 0.25) is 0 Å². The molecule has 1 amide bonds. The zero-order valence-corrected chi connectivity index (χ0v) is 15.6. The van der Waals surface area contributed by atoms with Crippen molar-refractivity contribution in [2.75, 3.05) is 0 Å². The smallest absolute Gasteiger partial charge is 0.346 e. The molecule has 3 rings (SSSR count). The summed E-state index contributed by atoms with van der Waals surface area (Å²) in [5.41, 5.74) is 0.477. The zero-order chi connectivity index (χ0) is 19.2. The number of nitrogens with one attached hydrogen (secondary N) is 1. The molecule has 0 bridgehead atoms. The Kier molecular flexibility index (Phi) is 4.51. The quantitative estimate of drug-likeness (QED) is 0.692. The van der Waals surface area contributed by atoms with E-state index in [4.69, 9.17) is 0 Å². The van der Waals surface area contributed by atoms with Crippen molar-refractivity contribution in [1.82, 2.24) is 29.7 Å². The van der Waals surface area contributed by atoms with E-state index in [9.17, 15) is 18.0 Å². The zero-order valence-electron chi connectivity index (χ0n) is 14.0. The van der Waals surface area contributed by atoms with E-state index in [-0.39, 0.29) is 28.1 Å². The molecule has 11 heteroatoms. The first-order valence-electron chi connectivity index (χ1n) is 7.48. The molecule has 0 spiro atoms. The Morgan fingerprint density at radius 1 is 1.31 bits per heavy atom. The number of fused-ring (bicyclic) bond motifs is 1. The number of aryl methyl sites for hydroxylation is 3. The van der Waals surface area contributed by atoms with E-state index in [1.807, 2.05) is 0 Å². The van der Waals surface area contributed by atoms with Gasteiger partial charge in [0, 0.05) is 31.0 Å². The summed E-state index contributed by atoms with van der Waals surface area (Å²) in [5.74, 6) is -0.614. The Balaban J connectivity index is 1.96. The molecule has 0 unspecified atom stereocenters. The number of amides is 1. The van der Waals surface area contributed by atoms with Crippen molar-refractivity contribution in [2.24, 2.45) is 7.05 Å². The number of aromatic nitrogens is 5. The van der Waals surface area contributed by atoms with Crippen LogP contribution < -0.4 is 5.32 Å². The van der Waals surface area contributed by atoms with Gasteiger partial charge < -0.3 is 5.32 Å². The minimum Gasteiger partial charge on any atom is -0.346 e. The van der Waals surface area contributed by atoms with E-state index >= 15 is 0 Å². The molecular formula is C15H14BrF3N6O. The van der Waals surface area contributed by atoms with Gasteiger partial charge in [-0.1, -0.05) is 0 Å². The van der Waals surface area contributed by atoms with Gasteiger partial charge in [0.05, 0.1) is 10.2 Å². The minimum atomic E-state index is -4.63. The molecule has 0 saturated heterocycles. The molecule has 1 N–H and O–H groups in total. The summed E-state index contributed by atoms with van der Waals surface area (Å²) in [7, 11) is 1.75. The molecule has 0 saturated carbocycles. The second kappa shape index (κ2) is 6.38. The number of carbonyl (C=O) groups is 1.